The van der Waals surface area contributed by atoms with Crippen LogP contribution in [0.25, 0.3) is 11.4 Å². The zero-order chi connectivity index (χ0) is 16.1. The van der Waals surface area contributed by atoms with Crippen molar-refractivity contribution in [3.05, 3.63) is 29.8 Å². The van der Waals surface area contributed by atoms with Gasteiger partial charge in [0.15, 0.2) is 0 Å². The third kappa shape index (κ3) is 4.13. The minimum Gasteiger partial charge on any atom is -0.376 e. The fraction of sp³-hybridized carbons (Fsp3) is 0.500. The average Bonchev–Trinajstić information content (AvgIpc) is 3.25. The highest BCUT2D eigenvalue weighted by molar-refractivity contribution is 5.75. The Kier molecular flexibility index (Phi) is 4.97. The predicted molar refractivity (Wildman–Crippen MR) is 84.6 cm³/mol. The van der Waals surface area contributed by atoms with Gasteiger partial charge in [-0.2, -0.15) is 4.80 Å². The topological polar surface area (TPSA) is 81.9 Å². The van der Waals surface area contributed by atoms with Crippen molar-refractivity contribution < 1.29 is 9.53 Å². The van der Waals surface area contributed by atoms with Crippen LogP contribution in [-0.4, -0.2) is 45.4 Å². The first-order valence-corrected chi connectivity index (χ1v) is 8.00. The number of carbonyl (C=O) groups excluding carboxylic acids is 1. The zero-order valence-electron chi connectivity index (χ0n) is 13.2. The Labute approximate surface area is 135 Å². The molecule has 0 saturated carbocycles. The summed E-state index contributed by atoms with van der Waals surface area (Å²) in [5, 5.41) is 15.1. The lowest BCUT2D eigenvalue weighted by molar-refractivity contribution is -0.122. The van der Waals surface area contributed by atoms with Gasteiger partial charge < -0.3 is 10.1 Å². The maximum absolute atomic E-state index is 11.9. The van der Waals surface area contributed by atoms with Gasteiger partial charge in [-0.15, -0.1) is 10.2 Å². The van der Waals surface area contributed by atoms with Crippen molar-refractivity contribution in [3.8, 4) is 11.4 Å². The molecule has 3 rings (SSSR count). The van der Waals surface area contributed by atoms with Gasteiger partial charge in [0.05, 0.1) is 6.10 Å². The van der Waals surface area contributed by atoms with E-state index in [0.29, 0.717) is 12.4 Å². The van der Waals surface area contributed by atoms with E-state index in [1.165, 1.54) is 10.4 Å². The maximum Gasteiger partial charge on any atom is 0.243 e. The first kappa shape index (κ1) is 15.6. The number of carbonyl (C=O) groups is 1. The van der Waals surface area contributed by atoms with Gasteiger partial charge in [-0.1, -0.05) is 31.2 Å². The van der Waals surface area contributed by atoms with Gasteiger partial charge in [0.25, 0.3) is 0 Å². The largest absolute Gasteiger partial charge is 0.376 e. The van der Waals surface area contributed by atoms with Crippen molar-refractivity contribution in [1.82, 2.24) is 25.5 Å². The fourth-order valence-electron chi connectivity index (χ4n) is 2.53. The number of aryl methyl sites for hydroxylation is 1. The van der Waals surface area contributed by atoms with E-state index in [4.69, 9.17) is 4.74 Å². The molecule has 0 aliphatic carbocycles. The van der Waals surface area contributed by atoms with E-state index in [0.717, 1.165) is 31.4 Å². The van der Waals surface area contributed by atoms with E-state index in [-0.39, 0.29) is 18.6 Å². The van der Waals surface area contributed by atoms with E-state index < -0.39 is 0 Å². The highest BCUT2D eigenvalue weighted by Gasteiger charge is 2.16. The van der Waals surface area contributed by atoms with Gasteiger partial charge in [0, 0.05) is 18.7 Å². The Bertz CT molecular complexity index is 647. The third-order valence-corrected chi connectivity index (χ3v) is 3.91. The molecular formula is C16H21N5O2. The Morgan fingerprint density at radius 2 is 2.22 bits per heavy atom. The summed E-state index contributed by atoms with van der Waals surface area (Å²) in [6.45, 7) is 3.50. The minimum atomic E-state index is -0.134. The molecule has 2 heterocycles. The summed E-state index contributed by atoms with van der Waals surface area (Å²) < 4.78 is 5.47. The van der Waals surface area contributed by atoms with Crippen LogP contribution in [0, 0.1) is 0 Å². The Balaban J connectivity index is 1.54. The molecule has 1 amide bonds. The first-order valence-electron chi connectivity index (χ1n) is 8.00. The molecule has 1 fully saturated rings. The Morgan fingerprint density at radius 1 is 1.39 bits per heavy atom. The van der Waals surface area contributed by atoms with E-state index in [2.05, 4.69) is 27.7 Å². The molecule has 1 aromatic heterocycles. The van der Waals surface area contributed by atoms with Crippen LogP contribution in [0.2, 0.25) is 0 Å². The predicted octanol–water partition coefficient (Wildman–Crippen LogP) is 1.20. The molecule has 0 bridgehead atoms. The summed E-state index contributed by atoms with van der Waals surface area (Å²) in [7, 11) is 0. The van der Waals surface area contributed by atoms with Crippen molar-refractivity contribution >= 4 is 5.91 Å². The standard InChI is InChI=1S/C16H21N5O2/c1-2-12-5-7-13(8-6-12)16-18-20-21(19-16)11-15(22)17-10-14-4-3-9-23-14/h5-8,14H,2-4,9-11H2,1H3,(H,17,22)/t14-/m1/s1. The van der Waals surface area contributed by atoms with Crippen LogP contribution in [0.15, 0.2) is 24.3 Å². The Morgan fingerprint density at radius 3 is 2.91 bits per heavy atom. The van der Waals surface area contributed by atoms with Gasteiger partial charge in [0.2, 0.25) is 11.7 Å². The lowest BCUT2D eigenvalue weighted by Crippen LogP contribution is -2.34. The smallest absolute Gasteiger partial charge is 0.243 e. The second-order valence-corrected chi connectivity index (χ2v) is 5.63. The molecule has 7 nitrogen and oxygen atoms in total. The van der Waals surface area contributed by atoms with Gasteiger partial charge in [-0.25, -0.2) is 0 Å². The molecule has 122 valence electrons. The number of nitrogens with zero attached hydrogens (tertiary/aromatic N) is 4. The lowest BCUT2D eigenvalue weighted by Gasteiger charge is -2.10. The third-order valence-electron chi connectivity index (χ3n) is 3.91. The molecule has 1 atom stereocenters. The fourth-order valence-corrected chi connectivity index (χ4v) is 2.53. The van der Waals surface area contributed by atoms with Crippen LogP contribution in [-0.2, 0) is 22.5 Å². The van der Waals surface area contributed by atoms with E-state index in [9.17, 15) is 4.79 Å². The van der Waals surface area contributed by atoms with E-state index in [1.54, 1.807) is 0 Å². The summed E-state index contributed by atoms with van der Waals surface area (Å²) in [6, 6.07) is 8.03. The number of nitrogens with one attached hydrogen (secondary N) is 1. The molecule has 1 saturated heterocycles. The maximum atomic E-state index is 11.9. The minimum absolute atomic E-state index is 0.0623. The molecule has 1 N–H and O–H groups in total. The van der Waals surface area contributed by atoms with Crippen LogP contribution in [0.1, 0.15) is 25.3 Å². The van der Waals surface area contributed by atoms with Crippen molar-refractivity contribution in [2.45, 2.75) is 38.8 Å². The molecule has 23 heavy (non-hydrogen) atoms. The van der Waals surface area contributed by atoms with Gasteiger partial charge in [0.1, 0.15) is 6.54 Å². The molecule has 0 unspecified atom stereocenters. The van der Waals surface area contributed by atoms with Crippen LogP contribution in [0.4, 0.5) is 0 Å². The average molecular weight is 315 g/mol. The number of hydrogen-bond acceptors (Lipinski definition) is 5. The second kappa shape index (κ2) is 7.32. The summed E-state index contributed by atoms with van der Waals surface area (Å²) in [5.41, 5.74) is 2.16. The van der Waals surface area contributed by atoms with E-state index in [1.807, 2.05) is 24.3 Å². The summed E-state index contributed by atoms with van der Waals surface area (Å²) in [5.74, 6) is 0.394. The number of tetrazole rings is 1. The molecule has 0 radical (unpaired) electrons. The number of benzene rings is 1. The lowest BCUT2D eigenvalue weighted by atomic mass is 10.1. The Hall–Kier alpha value is -2.28. The van der Waals surface area contributed by atoms with Crippen molar-refractivity contribution in [2.75, 3.05) is 13.2 Å². The summed E-state index contributed by atoms with van der Waals surface area (Å²) in [4.78, 5) is 13.2. The van der Waals surface area contributed by atoms with Crippen molar-refractivity contribution in [1.29, 1.82) is 0 Å². The molecule has 1 aliphatic heterocycles. The molecule has 0 spiro atoms. The number of amides is 1. The molecule has 1 aliphatic rings. The number of rotatable bonds is 6. The van der Waals surface area contributed by atoms with Crippen molar-refractivity contribution in [2.24, 2.45) is 0 Å². The number of hydrogen-bond donors (Lipinski definition) is 1. The van der Waals surface area contributed by atoms with Gasteiger partial charge in [-0.05, 0) is 30.0 Å². The number of ether oxygens (including phenoxy) is 1. The highest BCUT2D eigenvalue weighted by Crippen LogP contribution is 2.14. The second-order valence-electron chi connectivity index (χ2n) is 5.63. The SMILES string of the molecule is CCc1ccc(-c2nnn(CC(=O)NC[C@H]3CCCO3)n2)cc1. The monoisotopic (exact) mass is 315 g/mol. The molecule has 7 heteroatoms. The molecule has 2 aromatic rings. The highest BCUT2D eigenvalue weighted by atomic mass is 16.5. The quantitative estimate of drug-likeness (QED) is 0.866. The van der Waals surface area contributed by atoms with Gasteiger partial charge in [-0.3, -0.25) is 4.79 Å². The van der Waals surface area contributed by atoms with Crippen LogP contribution >= 0.6 is 0 Å². The van der Waals surface area contributed by atoms with Crippen molar-refractivity contribution in [3.63, 3.8) is 0 Å². The van der Waals surface area contributed by atoms with Crippen LogP contribution in [0.5, 0.6) is 0 Å². The molecule has 1 aromatic carbocycles. The normalized spacial score (nSPS) is 17.3. The number of aromatic nitrogens is 4. The molecular weight excluding hydrogens is 294 g/mol. The van der Waals surface area contributed by atoms with E-state index >= 15 is 0 Å². The zero-order valence-corrected chi connectivity index (χ0v) is 13.2. The van der Waals surface area contributed by atoms with Crippen LogP contribution < -0.4 is 5.32 Å². The summed E-state index contributed by atoms with van der Waals surface area (Å²) in [6.07, 6.45) is 3.19. The van der Waals surface area contributed by atoms with Gasteiger partial charge >= 0.3 is 0 Å². The first-order chi connectivity index (χ1) is 11.2. The van der Waals surface area contributed by atoms with Crippen LogP contribution in [0.3, 0.4) is 0 Å². The summed E-state index contributed by atoms with van der Waals surface area (Å²) >= 11 is 0.